The molecule has 1 heterocycles. The van der Waals surface area contributed by atoms with Crippen molar-refractivity contribution in [2.45, 2.75) is 45.7 Å². The van der Waals surface area contributed by atoms with E-state index in [4.69, 9.17) is 5.73 Å². The maximum absolute atomic E-state index is 12.1. The van der Waals surface area contributed by atoms with E-state index in [0.717, 1.165) is 25.9 Å². The van der Waals surface area contributed by atoms with E-state index >= 15 is 0 Å². The Morgan fingerprint density at radius 1 is 1.20 bits per heavy atom. The minimum atomic E-state index is -0.379. The second-order valence-electron chi connectivity index (χ2n) is 5.72. The third-order valence-electron chi connectivity index (χ3n) is 3.42. The van der Waals surface area contributed by atoms with E-state index in [1.54, 1.807) is 0 Å². The molecule has 0 radical (unpaired) electrons. The molecule has 0 aromatic rings. The summed E-state index contributed by atoms with van der Waals surface area (Å²) < 4.78 is 0. The zero-order valence-corrected chi connectivity index (χ0v) is 12.9. The molecule has 1 fully saturated rings. The van der Waals surface area contributed by atoms with Gasteiger partial charge in [-0.25, -0.2) is 0 Å². The fourth-order valence-electron chi connectivity index (χ4n) is 2.37. The van der Waals surface area contributed by atoms with Gasteiger partial charge in [0.2, 0.25) is 11.8 Å². The van der Waals surface area contributed by atoms with Crippen molar-refractivity contribution in [3.63, 3.8) is 0 Å². The predicted molar refractivity (Wildman–Crippen MR) is 79.2 cm³/mol. The van der Waals surface area contributed by atoms with Gasteiger partial charge in [-0.1, -0.05) is 13.3 Å². The molecule has 3 N–H and O–H groups in total. The van der Waals surface area contributed by atoms with Crippen molar-refractivity contribution in [1.29, 1.82) is 0 Å². The van der Waals surface area contributed by atoms with Crippen LogP contribution in [0.1, 0.15) is 33.6 Å². The van der Waals surface area contributed by atoms with E-state index in [9.17, 15) is 9.59 Å². The van der Waals surface area contributed by atoms with Crippen LogP contribution < -0.4 is 11.1 Å². The van der Waals surface area contributed by atoms with Crippen molar-refractivity contribution < 1.29 is 9.59 Å². The molecule has 0 bridgehead atoms. The number of nitrogens with one attached hydrogen (secondary N) is 1. The highest BCUT2D eigenvalue weighted by Gasteiger charge is 2.25. The van der Waals surface area contributed by atoms with Crippen LogP contribution >= 0.6 is 0 Å². The molecule has 0 spiro atoms. The molecule has 116 valence electrons. The van der Waals surface area contributed by atoms with Crippen LogP contribution in [0.3, 0.4) is 0 Å². The molecule has 0 aromatic heterocycles. The summed E-state index contributed by atoms with van der Waals surface area (Å²) in [7, 11) is 0. The molecular weight excluding hydrogens is 256 g/mol. The third-order valence-corrected chi connectivity index (χ3v) is 3.42. The fraction of sp³-hybridized carbons (Fsp3) is 0.857. The van der Waals surface area contributed by atoms with Gasteiger partial charge in [0.1, 0.15) is 0 Å². The number of nitrogens with two attached hydrogens (primary N) is 1. The molecular formula is C14H28N4O2. The Balaban J connectivity index is 2.32. The summed E-state index contributed by atoms with van der Waals surface area (Å²) in [5, 5.41) is 2.88. The monoisotopic (exact) mass is 284 g/mol. The highest BCUT2D eigenvalue weighted by Crippen LogP contribution is 2.05. The lowest BCUT2D eigenvalue weighted by Gasteiger charge is -2.35. The fourth-order valence-corrected chi connectivity index (χ4v) is 2.37. The van der Waals surface area contributed by atoms with Crippen molar-refractivity contribution in [1.82, 2.24) is 15.1 Å². The van der Waals surface area contributed by atoms with Gasteiger partial charge in [-0.2, -0.15) is 0 Å². The van der Waals surface area contributed by atoms with Gasteiger partial charge in [-0.15, -0.1) is 0 Å². The topological polar surface area (TPSA) is 78.7 Å². The Hall–Kier alpha value is -1.14. The molecule has 20 heavy (non-hydrogen) atoms. The molecule has 6 nitrogen and oxygen atoms in total. The zero-order valence-electron chi connectivity index (χ0n) is 12.9. The summed E-state index contributed by atoms with van der Waals surface area (Å²) in [4.78, 5) is 27.6. The maximum Gasteiger partial charge on any atom is 0.239 e. The molecule has 1 aliphatic rings. The first-order chi connectivity index (χ1) is 9.43. The maximum atomic E-state index is 12.1. The molecule has 0 aliphatic carbocycles. The quantitative estimate of drug-likeness (QED) is 0.707. The standard InChI is InChI=1S/C14H28N4O2/c1-4-5-12(15)14(20)18-8-6-17(7-9-18)10-13(19)16-11(2)3/h11-12H,4-10,15H2,1-3H3,(H,16,19). The number of rotatable bonds is 6. The lowest BCUT2D eigenvalue weighted by molar-refractivity contribution is -0.134. The molecule has 1 saturated heterocycles. The Kier molecular flexibility index (Phi) is 6.95. The van der Waals surface area contributed by atoms with E-state index in [1.165, 1.54) is 0 Å². The summed E-state index contributed by atoms with van der Waals surface area (Å²) in [5.74, 6) is 0.0839. The Morgan fingerprint density at radius 2 is 1.80 bits per heavy atom. The van der Waals surface area contributed by atoms with Gasteiger partial charge < -0.3 is 16.0 Å². The smallest absolute Gasteiger partial charge is 0.239 e. The molecule has 0 saturated carbocycles. The van der Waals surface area contributed by atoms with Crippen LogP contribution in [0.5, 0.6) is 0 Å². The summed E-state index contributed by atoms with van der Waals surface area (Å²) in [5.41, 5.74) is 5.86. The molecule has 1 atom stereocenters. The number of carbonyl (C=O) groups excluding carboxylic acids is 2. The second-order valence-corrected chi connectivity index (χ2v) is 5.72. The lowest BCUT2D eigenvalue weighted by atomic mass is 10.1. The second kappa shape index (κ2) is 8.21. The van der Waals surface area contributed by atoms with E-state index in [1.807, 2.05) is 25.7 Å². The van der Waals surface area contributed by atoms with Crippen LogP contribution in [-0.4, -0.2) is 66.4 Å². The molecule has 1 aliphatic heterocycles. The molecule has 2 amide bonds. The van der Waals surface area contributed by atoms with E-state index < -0.39 is 0 Å². The average molecular weight is 284 g/mol. The first-order valence-electron chi connectivity index (χ1n) is 7.50. The minimum Gasteiger partial charge on any atom is -0.353 e. The molecule has 1 unspecified atom stereocenters. The Morgan fingerprint density at radius 3 is 2.30 bits per heavy atom. The van der Waals surface area contributed by atoms with Gasteiger partial charge in [0.05, 0.1) is 12.6 Å². The summed E-state index contributed by atoms with van der Waals surface area (Å²) in [6.45, 7) is 9.11. The highest BCUT2D eigenvalue weighted by atomic mass is 16.2. The summed E-state index contributed by atoms with van der Waals surface area (Å²) in [6, 6.07) is -0.215. The van der Waals surface area contributed by atoms with Gasteiger partial charge >= 0.3 is 0 Å². The van der Waals surface area contributed by atoms with Crippen LogP contribution in [0.25, 0.3) is 0 Å². The number of amides is 2. The lowest BCUT2D eigenvalue weighted by Crippen LogP contribution is -2.54. The van der Waals surface area contributed by atoms with Gasteiger partial charge in [-0.3, -0.25) is 14.5 Å². The third kappa shape index (κ3) is 5.46. The zero-order chi connectivity index (χ0) is 15.1. The van der Waals surface area contributed by atoms with Crippen molar-refractivity contribution in [2.75, 3.05) is 32.7 Å². The van der Waals surface area contributed by atoms with Gasteiger partial charge in [0, 0.05) is 32.2 Å². The van der Waals surface area contributed by atoms with Crippen LogP contribution in [0.4, 0.5) is 0 Å². The SMILES string of the molecule is CCCC(N)C(=O)N1CCN(CC(=O)NC(C)C)CC1. The van der Waals surface area contributed by atoms with Crippen LogP contribution in [0.2, 0.25) is 0 Å². The number of hydrogen-bond donors (Lipinski definition) is 2. The molecule has 0 aromatic carbocycles. The van der Waals surface area contributed by atoms with Crippen molar-refractivity contribution in [2.24, 2.45) is 5.73 Å². The first kappa shape index (κ1) is 16.9. The highest BCUT2D eigenvalue weighted by molar-refractivity contribution is 5.82. The number of carbonyl (C=O) groups is 2. The minimum absolute atomic E-state index is 0.0399. The summed E-state index contributed by atoms with van der Waals surface area (Å²) in [6.07, 6.45) is 1.65. The van der Waals surface area contributed by atoms with Crippen LogP contribution in [-0.2, 0) is 9.59 Å². The number of hydrogen-bond acceptors (Lipinski definition) is 4. The Bertz CT molecular complexity index is 325. The van der Waals surface area contributed by atoms with E-state index in [2.05, 4.69) is 10.2 Å². The Labute approximate surface area is 121 Å². The van der Waals surface area contributed by atoms with Crippen molar-refractivity contribution in [3.8, 4) is 0 Å². The van der Waals surface area contributed by atoms with Crippen LogP contribution in [0.15, 0.2) is 0 Å². The van der Waals surface area contributed by atoms with Gasteiger partial charge in [0.25, 0.3) is 0 Å². The number of nitrogens with zero attached hydrogens (tertiary/aromatic N) is 2. The first-order valence-corrected chi connectivity index (χ1v) is 7.50. The largest absolute Gasteiger partial charge is 0.353 e. The van der Waals surface area contributed by atoms with Crippen molar-refractivity contribution in [3.05, 3.63) is 0 Å². The average Bonchev–Trinajstić information content (AvgIpc) is 2.38. The number of piperazine rings is 1. The van der Waals surface area contributed by atoms with Crippen LogP contribution in [0, 0.1) is 0 Å². The predicted octanol–water partition coefficient (Wildman–Crippen LogP) is -0.217. The van der Waals surface area contributed by atoms with Gasteiger partial charge in [0.15, 0.2) is 0 Å². The van der Waals surface area contributed by atoms with E-state index in [0.29, 0.717) is 19.6 Å². The van der Waals surface area contributed by atoms with Gasteiger partial charge in [-0.05, 0) is 20.3 Å². The molecule has 1 rings (SSSR count). The van der Waals surface area contributed by atoms with Crippen molar-refractivity contribution >= 4 is 11.8 Å². The normalized spacial score (nSPS) is 18.1. The summed E-state index contributed by atoms with van der Waals surface area (Å²) >= 11 is 0. The van der Waals surface area contributed by atoms with E-state index in [-0.39, 0.29) is 23.9 Å². The molecule has 6 heteroatoms.